The molecule has 3 N–H and O–H groups in total. The summed E-state index contributed by atoms with van der Waals surface area (Å²) < 4.78 is 40.5. The molecule has 0 aliphatic heterocycles. The highest BCUT2D eigenvalue weighted by Gasteiger charge is 2.20. The molecule has 2 unspecified atom stereocenters. The van der Waals surface area contributed by atoms with Crippen LogP contribution in [0.1, 0.15) is 35.7 Å². The molecule has 6 heteroatoms. The Labute approximate surface area is 160 Å². The number of nitrogens with two attached hydrogens (primary N) is 1. The lowest BCUT2D eigenvalue weighted by Gasteiger charge is -2.25. The van der Waals surface area contributed by atoms with Gasteiger partial charge in [0.1, 0.15) is 0 Å². The summed E-state index contributed by atoms with van der Waals surface area (Å²) in [5.74, 6) is -3.91. The van der Waals surface area contributed by atoms with Gasteiger partial charge in [-0.15, -0.1) is 0 Å². The van der Waals surface area contributed by atoms with Crippen molar-refractivity contribution in [3.63, 3.8) is 0 Å². The minimum absolute atomic E-state index is 0.300. The molecule has 0 aliphatic carbocycles. The molecule has 0 aliphatic rings. The smallest absolute Gasteiger partial charge is 0.194 e. The van der Waals surface area contributed by atoms with Crippen molar-refractivity contribution in [1.29, 1.82) is 0 Å². The van der Waals surface area contributed by atoms with Crippen LogP contribution in [0.2, 0.25) is 5.02 Å². The summed E-state index contributed by atoms with van der Waals surface area (Å²) in [6, 6.07) is 15.8. The maximum absolute atomic E-state index is 13.6. The first kappa shape index (κ1) is 19.3. The van der Waals surface area contributed by atoms with Crippen LogP contribution in [0, 0.1) is 17.5 Å². The van der Waals surface area contributed by atoms with Gasteiger partial charge in [-0.05, 0) is 60.0 Å². The zero-order valence-corrected chi connectivity index (χ0v) is 15.3. The van der Waals surface area contributed by atoms with Crippen molar-refractivity contribution in [3.05, 3.63) is 99.8 Å². The third-order valence-corrected chi connectivity index (χ3v) is 4.62. The lowest BCUT2D eigenvalue weighted by molar-refractivity contribution is 0.438. The number of hydrogen-bond donors (Lipinski definition) is 2. The van der Waals surface area contributed by atoms with Crippen molar-refractivity contribution in [3.8, 4) is 0 Å². The summed E-state index contributed by atoms with van der Waals surface area (Å²) in [4.78, 5) is 0. The van der Waals surface area contributed by atoms with Crippen LogP contribution in [0.25, 0.3) is 0 Å². The monoisotopic (exact) mass is 390 g/mol. The molecule has 0 bridgehead atoms. The number of benzene rings is 3. The fourth-order valence-electron chi connectivity index (χ4n) is 2.95. The van der Waals surface area contributed by atoms with E-state index in [1.807, 2.05) is 30.3 Å². The zero-order valence-electron chi connectivity index (χ0n) is 14.5. The SMILES string of the molecule is CC(NC(c1ccc(Cl)cc1)c1cccc(N)c1)c1cc(F)c(F)c(F)c1. The molecule has 3 aromatic rings. The lowest BCUT2D eigenvalue weighted by atomic mass is 9.96. The Kier molecular flexibility index (Phi) is 5.73. The van der Waals surface area contributed by atoms with Gasteiger partial charge >= 0.3 is 0 Å². The molecule has 140 valence electrons. The Hall–Kier alpha value is -2.50. The van der Waals surface area contributed by atoms with Crippen LogP contribution < -0.4 is 11.1 Å². The van der Waals surface area contributed by atoms with E-state index in [1.54, 1.807) is 25.1 Å². The first-order valence-electron chi connectivity index (χ1n) is 8.36. The standard InChI is InChI=1S/C21H18ClF3N2/c1-12(15-10-18(23)20(25)19(24)11-15)27-21(13-5-7-16(22)8-6-13)14-3-2-4-17(26)9-14/h2-12,21,27H,26H2,1H3. The van der Waals surface area contributed by atoms with Gasteiger partial charge in [0.25, 0.3) is 0 Å². The van der Waals surface area contributed by atoms with Crippen molar-refractivity contribution in [2.24, 2.45) is 0 Å². The molecule has 2 atom stereocenters. The maximum atomic E-state index is 13.6. The molecule has 0 spiro atoms. The number of nitrogen functional groups attached to an aromatic ring is 1. The van der Waals surface area contributed by atoms with Crippen LogP contribution in [0.4, 0.5) is 18.9 Å². The summed E-state index contributed by atoms with van der Waals surface area (Å²) in [6.45, 7) is 1.75. The van der Waals surface area contributed by atoms with Crippen LogP contribution in [-0.2, 0) is 0 Å². The molecule has 0 radical (unpaired) electrons. The summed E-state index contributed by atoms with van der Waals surface area (Å²) in [7, 11) is 0. The predicted molar refractivity (Wildman–Crippen MR) is 102 cm³/mol. The minimum Gasteiger partial charge on any atom is -0.399 e. The van der Waals surface area contributed by atoms with E-state index in [0.717, 1.165) is 23.3 Å². The van der Waals surface area contributed by atoms with E-state index < -0.39 is 23.5 Å². The molecule has 2 nitrogen and oxygen atoms in total. The molecule has 27 heavy (non-hydrogen) atoms. The number of nitrogens with one attached hydrogen (secondary N) is 1. The van der Waals surface area contributed by atoms with Crippen LogP contribution in [0.3, 0.4) is 0 Å². The van der Waals surface area contributed by atoms with Gasteiger partial charge in [0.15, 0.2) is 17.5 Å². The third-order valence-electron chi connectivity index (χ3n) is 4.37. The van der Waals surface area contributed by atoms with Gasteiger partial charge in [0.2, 0.25) is 0 Å². The number of rotatable bonds is 5. The number of anilines is 1. The molecular weight excluding hydrogens is 373 g/mol. The van der Waals surface area contributed by atoms with Crippen LogP contribution in [0.15, 0.2) is 60.7 Å². The van der Waals surface area contributed by atoms with E-state index in [2.05, 4.69) is 5.32 Å². The van der Waals surface area contributed by atoms with E-state index in [-0.39, 0.29) is 6.04 Å². The Morgan fingerprint density at radius 1 is 0.852 bits per heavy atom. The van der Waals surface area contributed by atoms with Crippen molar-refractivity contribution in [1.82, 2.24) is 5.32 Å². The normalized spacial score (nSPS) is 13.4. The molecule has 0 aromatic heterocycles. The summed E-state index contributed by atoms with van der Waals surface area (Å²) >= 11 is 5.98. The molecule has 3 aromatic carbocycles. The highest BCUT2D eigenvalue weighted by atomic mass is 35.5. The average Bonchev–Trinajstić information content (AvgIpc) is 2.64. The molecule has 3 rings (SSSR count). The van der Waals surface area contributed by atoms with E-state index in [9.17, 15) is 13.2 Å². The highest BCUT2D eigenvalue weighted by molar-refractivity contribution is 6.30. The van der Waals surface area contributed by atoms with E-state index >= 15 is 0 Å². The Morgan fingerprint density at radius 2 is 1.48 bits per heavy atom. The van der Waals surface area contributed by atoms with Gasteiger partial charge in [-0.3, -0.25) is 5.32 Å². The Bertz CT molecular complexity index is 921. The molecule has 0 saturated carbocycles. The first-order chi connectivity index (χ1) is 12.8. The lowest BCUT2D eigenvalue weighted by Crippen LogP contribution is -2.26. The Balaban J connectivity index is 1.97. The topological polar surface area (TPSA) is 38.0 Å². The largest absolute Gasteiger partial charge is 0.399 e. The van der Waals surface area contributed by atoms with Crippen molar-refractivity contribution < 1.29 is 13.2 Å². The maximum Gasteiger partial charge on any atom is 0.194 e. The van der Waals surface area contributed by atoms with Gasteiger partial charge in [0, 0.05) is 16.8 Å². The van der Waals surface area contributed by atoms with Gasteiger partial charge < -0.3 is 5.73 Å². The zero-order chi connectivity index (χ0) is 19.6. The second kappa shape index (κ2) is 8.03. The van der Waals surface area contributed by atoms with E-state index in [4.69, 9.17) is 17.3 Å². The quantitative estimate of drug-likeness (QED) is 0.428. The number of halogens is 4. The highest BCUT2D eigenvalue weighted by Crippen LogP contribution is 2.29. The average molecular weight is 391 g/mol. The van der Waals surface area contributed by atoms with Crippen LogP contribution in [0.5, 0.6) is 0 Å². The summed E-state index contributed by atoms with van der Waals surface area (Å²) in [5.41, 5.74) is 8.59. The first-order valence-corrected chi connectivity index (χ1v) is 8.74. The van der Waals surface area contributed by atoms with Crippen LogP contribution in [-0.4, -0.2) is 0 Å². The van der Waals surface area contributed by atoms with Gasteiger partial charge in [0.05, 0.1) is 6.04 Å². The van der Waals surface area contributed by atoms with Crippen molar-refractivity contribution >= 4 is 17.3 Å². The number of hydrogen-bond acceptors (Lipinski definition) is 2. The fourth-order valence-corrected chi connectivity index (χ4v) is 3.08. The summed E-state index contributed by atoms with van der Waals surface area (Å²) in [5, 5.41) is 3.93. The minimum atomic E-state index is -1.48. The molecule has 0 fully saturated rings. The molecule has 0 amide bonds. The van der Waals surface area contributed by atoms with E-state index in [1.165, 1.54) is 0 Å². The fraction of sp³-hybridized carbons (Fsp3) is 0.143. The van der Waals surface area contributed by atoms with Gasteiger partial charge in [-0.2, -0.15) is 0 Å². The molecule has 0 heterocycles. The second-order valence-electron chi connectivity index (χ2n) is 6.34. The summed E-state index contributed by atoms with van der Waals surface area (Å²) in [6.07, 6.45) is 0. The van der Waals surface area contributed by atoms with Gasteiger partial charge in [-0.1, -0.05) is 35.9 Å². The van der Waals surface area contributed by atoms with Gasteiger partial charge in [-0.25, -0.2) is 13.2 Å². The third kappa shape index (κ3) is 4.43. The molecule has 0 saturated heterocycles. The van der Waals surface area contributed by atoms with Crippen molar-refractivity contribution in [2.45, 2.75) is 19.0 Å². The van der Waals surface area contributed by atoms with Crippen LogP contribution >= 0.6 is 11.6 Å². The molecular formula is C21H18ClF3N2. The second-order valence-corrected chi connectivity index (χ2v) is 6.78. The van der Waals surface area contributed by atoms with E-state index in [0.29, 0.717) is 16.3 Å². The Morgan fingerprint density at radius 3 is 2.07 bits per heavy atom. The predicted octanol–water partition coefficient (Wildman–Crippen LogP) is 5.78. The van der Waals surface area contributed by atoms with Crippen molar-refractivity contribution in [2.75, 3.05) is 5.73 Å².